The molecule has 0 unspecified atom stereocenters. The smallest absolute Gasteiger partial charge is 0.223 e. The molecular weight excluding hydrogens is 312 g/mol. The number of amides is 1. The lowest BCUT2D eigenvalue weighted by molar-refractivity contribution is -0.133. The largest absolute Gasteiger partial charge is 0.342 e. The Kier molecular flexibility index (Phi) is 4.04. The van der Waals surface area contributed by atoms with E-state index in [0.29, 0.717) is 18.8 Å². The summed E-state index contributed by atoms with van der Waals surface area (Å²) in [6.45, 7) is 3.78. The van der Waals surface area contributed by atoms with Crippen LogP contribution in [0.4, 0.5) is 0 Å². The van der Waals surface area contributed by atoms with Crippen molar-refractivity contribution < 1.29 is 4.79 Å². The number of carbonyl (C=O) groups excluding carboxylic acids is 1. The first-order valence-corrected chi connectivity index (χ1v) is 8.98. The highest BCUT2D eigenvalue weighted by atomic mass is 16.2. The van der Waals surface area contributed by atoms with Crippen LogP contribution >= 0.6 is 0 Å². The molecule has 25 heavy (non-hydrogen) atoms. The van der Waals surface area contributed by atoms with E-state index in [-0.39, 0.29) is 11.9 Å². The van der Waals surface area contributed by atoms with Gasteiger partial charge < -0.3 is 9.47 Å². The van der Waals surface area contributed by atoms with E-state index in [1.54, 1.807) is 0 Å². The fourth-order valence-electron chi connectivity index (χ4n) is 4.08. The summed E-state index contributed by atoms with van der Waals surface area (Å²) in [6.07, 6.45) is 10.9. The number of fused-ring (bicyclic) bond motifs is 3. The molecule has 0 radical (unpaired) electrons. The summed E-state index contributed by atoms with van der Waals surface area (Å²) in [5.41, 5.74) is 3.60. The molecule has 2 aromatic heterocycles. The number of likely N-dealkylation sites (tertiary alicyclic amines) is 1. The summed E-state index contributed by atoms with van der Waals surface area (Å²) in [5.74, 6) is 0.603. The number of nitriles is 1. The van der Waals surface area contributed by atoms with Crippen LogP contribution in [-0.2, 0) is 11.2 Å². The Balaban J connectivity index is 1.67. The molecule has 5 heteroatoms. The first-order valence-electron chi connectivity index (χ1n) is 8.98. The van der Waals surface area contributed by atoms with Crippen molar-refractivity contribution in [1.29, 1.82) is 5.26 Å². The molecule has 128 valence electrons. The van der Waals surface area contributed by atoms with Gasteiger partial charge in [-0.1, -0.05) is 19.1 Å². The molecule has 2 atom stereocenters. The maximum Gasteiger partial charge on any atom is 0.223 e. The van der Waals surface area contributed by atoms with E-state index in [1.807, 2.05) is 11.1 Å². The highest BCUT2D eigenvalue weighted by Crippen LogP contribution is 2.35. The third-order valence-electron chi connectivity index (χ3n) is 5.55. The van der Waals surface area contributed by atoms with Gasteiger partial charge in [0.15, 0.2) is 0 Å². The van der Waals surface area contributed by atoms with Crippen molar-refractivity contribution in [2.75, 3.05) is 13.1 Å². The van der Waals surface area contributed by atoms with E-state index in [0.717, 1.165) is 37.0 Å². The highest BCUT2D eigenvalue weighted by molar-refractivity contribution is 5.90. The molecule has 1 aliphatic heterocycles. The third-order valence-corrected chi connectivity index (χ3v) is 5.55. The van der Waals surface area contributed by atoms with Crippen LogP contribution in [0.25, 0.3) is 17.0 Å². The number of carbonyl (C=O) groups is 1. The molecule has 0 aromatic carbocycles. The number of hydrogen-bond acceptors (Lipinski definition) is 3. The molecule has 4 rings (SSSR count). The fourth-order valence-corrected chi connectivity index (χ4v) is 4.08. The molecule has 1 amide bonds. The zero-order chi connectivity index (χ0) is 17.4. The molecule has 5 nitrogen and oxygen atoms in total. The summed E-state index contributed by atoms with van der Waals surface area (Å²) in [5, 5.41) is 9.89. The van der Waals surface area contributed by atoms with Crippen molar-refractivity contribution in [2.24, 2.45) is 5.92 Å². The second-order valence-corrected chi connectivity index (χ2v) is 7.08. The Hall–Kier alpha value is -2.61. The lowest BCUT2D eigenvalue weighted by Gasteiger charge is -2.38. The van der Waals surface area contributed by atoms with Crippen LogP contribution in [-0.4, -0.2) is 33.4 Å². The van der Waals surface area contributed by atoms with Crippen LogP contribution in [0, 0.1) is 17.2 Å². The van der Waals surface area contributed by atoms with Gasteiger partial charge in [0.2, 0.25) is 5.91 Å². The number of pyridine rings is 1. The van der Waals surface area contributed by atoms with Crippen LogP contribution in [0.2, 0.25) is 0 Å². The molecule has 1 fully saturated rings. The van der Waals surface area contributed by atoms with E-state index in [9.17, 15) is 4.79 Å². The Labute approximate surface area is 147 Å². The number of rotatable bonds is 3. The number of allylic oxidation sites excluding steroid dienone is 1. The van der Waals surface area contributed by atoms with Crippen molar-refractivity contribution in [3.8, 4) is 6.07 Å². The third kappa shape index (κ3) is 2.72. The molecule has 0 N–H and O–H groups in total. The lowest BCUT2D eigenvalue weighted by Crippen LogP contribution is -2.43. The standard InChI is InChI=1S/C20H22N4O/c1-14-7-10-23(19(25)6-3-9-21)13-18(14)24-11-8-15-12-22-17-5-2-4-16(17)20(15)24/h2,4,8,11-12,14,18H,3,5-7,10,13H2,1H3/t14-,18+/m1/s1. The second kappa shape index (κ2) is 6.36. The van der Waals surface area contributed by atoms with Crippen LogP contribution in [0.3, 0.4) is 0 Å². The van der Waals surface area contributed by atoms with Gasteiger partial charge in [-0.2, -0.15) is 5.26 Å². The molecule has 0 saturated carbocycles. The quantitative estimate of drug-likeness (QED) is 0.865. The van der Waals surface area contributed by atoms with Gasteiger partial charge in [0.05, 0.1) is 23.3 Å². The van der Waals surface area contributed by atoms with Gasteiger partial charge >= 0.3 is 0 Å². The molecule has 0 bridgehead atoms. The average Bonchev–Trinajstić information content (AvgIpc) is 3.25. The summed E-state index contributed by atoms with van der Waals surface area (Å²) < 4.78 is 2.35. The van der Waals surface area contributed by atoms with Crippen LogP contribution in [0.1, 0.15) is 43.5 Å². The lowest BCUT2D eigenvalue weighted by atomic mass is 9.92. The average molecular weight is 334 g/mol. The summed E-state index contributed by atoms with van der Waals surface area (Å²) in [7, 11) is 0. The Morgan fingerprint density at radius 3 is 3.20 bits per heavy atom. The molecule has 3 heterocycles. The summed E-state index contributed by atoms with van der Waals surface area (Å²) in [4.78, 5) is 18.9. The van der Waals surface area contributed by atoms with Crippen molar-refractivity contribution in [3.63, 3.8) is 0 Å². The minimum atomic E-state index is 0.0988. The van der Waals surface area contributed by atoms with E-state index in [1.165, 1.54) is 11.1 Å². The van der Waals surface area contributed by atoms with E-state index in [4.69, 9.17) is 5.26 Å². The van der Waals surface area contributed by atoms with Gasteiger partial charge in [-0.25, -0.2) is 0 Å². The van der Waals surface area contributed by atoms with Crippen molar-refractivity contribution >= 4 is 22.9 Å². The zero-order valence-electron chi connectivity index (χ0n) is 14.5. The number of aromatic nitrogens is 2. The molecule has 2 aromatic rings. The van der Waals surface area contributed by atoms with Crippen LogP contribution < -0.4 is 0 Å². The van der Waals surface area contributed by atoms with Crippen molar-refractivity contribution in [3.05, 3.63) is 35.8 Å². The molecule has 2 aliphatic rings. The van der Waals surface area contributed by atoms with Crippen molar-refractivity contribution in [1.82, 2.24) is 14.5 Å². The van der Waals surface area contributed by atoms with E-state index >= 15 is 0 Å². The second-order valence-electron chi connectivity index (χ2n) is 7.08. The topological polar surface area (TPSA) is 61.9 Å². The van der Waals surface area contributed by atoms with Gasteiger partial charge in [-0.15, -0.1) is 0 Å². The van der Waals surface area contributed by atoms with Gasteiger partial charge in [0, 0.05) is 55.7 Å². The minimum absolute atomic E-state index is 0.0988. The van der Waals surface area contributed by atoms with Gasteiger partial charge in [0.1, 0.15) is 0 Å². The van der Waals surface area contributed by atoms with Crippen molar-refractivity contribution in [2.45, 2.75) is 38.6 Å². The normalized spacial score (nSPS) is 22.2. The summed E-state index contributed by atoms with van der Waals surface area (Å²) in [6, 6.07) is 4.46. The van der Waals surface area contributed by atoms with Gasteiger partial charge in [-0.3, -0.25) is 9.78 Å². The fraction of sp³-hybridized carbons (Fsp3) is 0.450. The number of hydrogen-bond donors (Lipinski definition) is 0. The Morgan fingerprint density at radius 2 is 2.36 bits per heavy atom. The Morgan fingerprint density at radius 1 is 1.48 bits per heavy atom. The SMILES string of the molecule is C[C@@H]1CCN(C(=O)CCC#N)C[C@@H]1n1ccc2cnc3c(c21)C=CC3. The van der Waals surface area contributed by atoms with Crippen LogP contribution in [0.5, 0.6) is 0 Å². The van der Waals surface area contributed by atoms with Gasteiger partial charge in [-0.05, 0) is 18.4 Å². The molecule has 0 spiro atoms. The maximum atomic E-state index is 12.4. The first kappa shape index (κ1) is 15.9. The van der Waals surface area contributed by atoms with E-state index < -0.39 is 0 Å². The predicted octanol–water partition coefficient (Wildman–Crippen LogP) is 3.32. The number of piperidine rings is 1. The number of nitrogens with zero attached hydrogens (tertiary/aromatic N) is 4. The molecule has 1 saturated heterocycles. The zero-order valence-corrected chi connectivity index (χ0v) is 14.5. The minimum Gasteiger partial charge on any atom is -0.342 e. The molecular formula is C20H22N4O. The first-order chi connectivity index (χ1) is 12.2. The monoisotopic (exact) mass is 334 g/mol. The molecule has 1 aliphatic carbocycles. The summed E-state index contributed by atoms with van der Waals surface area (Å²) >= 11 is 0. The Bertz CT molecular complexity index is 889. The predicted molar refractivity (Wildman–Crippen MR) is 96.7 cm³/mol. The maximum absolute atomic E-state index is 12.4. The highest BCUT2D eigenvalue weighted by Gasteiger charge is 2.31. The van der Waals surface area contributed by atoms with Gasteiger partial charge in [0.25, 0.3) is 0 Å². The van der Waals surface area contributed by atoms with Crippen LogP contribution in [0.15, 0.2) is 24.5 Å². The van der Waals surface area contributed by atoms with E-state index in [2.05, 4.69) is 47.0 Å².